The van der Waals surface area contributed by atoms with Crippen molar-refractivity contribution in [3.8, 4) is 11.5 Å². The molecule has 1 atom stereocenters. The molecule has 25 heavy (non-hydrogen) atoms. The summed E-state index contributed by atoms with van der Waals surface area (Å²) in [6.07, 6.45) is 0.640. The van der Waals surface area contributed by atoms with E-state index in [4.69, 9.17) is 15.2 Å². The van der Waals surface area contributed by atoms with Crippen molar-refractivity contribution in [1.29, 1.82) is 0 Å². The van der Waals surface area contributed by atoms with Gasteiger partial charge in [-0.2, -0.15) is 0 Å². The number of hydrogen-bond acceptors (Lipinski definition) is 7. The first-order valence-electron chi connectivity index (χ1n) is 8.17. The molecule has 2 aromatic heterocycles. The van der Waals surface area contributed by atoms with Crippen molar-refractivity contribution < 1.29 is 9.47 Å². The molecule has 0 fully saturated rings. The Kier molecular flexibility index (Phi) is 3.14. The summed E-state index contributed by atoms with van der Waals surface area (Å²) in [6, 6.07) is 8.09. The second-order valence-corrected chi connectivity index (χ2v) is 7.42. The van der Waals surface area contributed by atoms with Crippen molar-refractivity contribution in [3.63, 3.8) is 0 Å². The molecule has 0 bridgehead atoms. The largest absolute Gasteiger partial charge is 0.489 e. The molecule has 5 rings (SSSR count). The fourth-order valence-corrected chi connectivity index (χ4v) is 4.11. The van der Waals surface area contributed by atoms with Crippen LogP contribution in [0.4, 0.5) is 5.95 Å². The van der Waals surface area contributed by atoms with E-state index in [0.717, 1.165) is 33.8 Å². The highest BCUT2D eigenvalue weighted by molar-refractivity contribution is 7.12. The van der Waals surface area contributed by atoms with Gasteiger partial charge in [-0.05, 0) is 19.1 Å². The SMILES string of the molecule is Cc1ccc([C@@H]2N=C(N)Nc3nc4cc5c(cc4n32)OCCCO5)s1. The number of nitrogens with one attached hydrogen (secondary N) is 1. The second kappa shape index (κ2) is 5.38. The number of ether oxygens (including phenoxy) is 2. The number of rotatable bonds is 1. The van der Waals surface area contributed by atoms with Crippen LogP contribution in [-0.2, 0) is 0 Å². The lowest BCUT2D eigenvalue weighted by Crippen LogP contribution is -2.31. The Labute approximate surface area is 148 Å². The van der Waals surface area contributed by atoms with E-state index in [-0.39, 0.29) is 6.17 Å². The summed E-state index contributed by atoms with van der Waals surface area (Å²) in [5.41, 5.74) is 7.76. The predicted molar refractivity (Wildman–Crippen MR) is 97.8 cm³/mol. The first-order chi connectivity index (χ1) is 12.2. The van der Waals surface area contributed by atoms with Crippen LogP contribution in [-0.4, -0.2) is 28.7 Å². The molecule has 8 heteroatoms. The third-order valence-electron chi connectivity index (χ3n) is 4.32. The highest BCUT2D eigenvalue weighted by Crippen LogP contribution is 2.40. The maximum absolute atomic E-state index is 5.99. The number of fused-ring (bicyclic) bond motifs is 4. The van der Waals surface area contributed by atoms with Gasteiger partial charge in [-0.15, -0.1) is 11.3 Å². The van der Waals surface area contributed by atoms with Crippen molar-refractivity contribution in [2.45, 2.75) is 19.5 Å². The number of aromatic nitrogens is 2. The smallest absolute Gasteiger partial charge is 0.212 e. The van der Waals surface area contributed by atoms with Crippen LogP contribution >= 0.6 is 11.3 Å². The van der Waals surface area contributed by atoms with Gasteiger partial charge in [-0.25, -0.2) is 9.98 Å². The molecule has 0 spiro atoms. The minimum absolute atomic E-state index is 0.232. The molecule has 3 aromatic rings. The summed E-state index contributed by atoms with van der Waals surface area (Å²) in [6.45, 7) is 3.38. The molecule has 4 heterocycles. The van der Waals surface area contributed by atoms with Gasteiger partial charge < -0.3 is 15.2 Å². The van der Waals surface area contributed by atoms with E-state index >= 15 is 0 Å². The predicted octanol–water partition coefficient (Wildman–Crippen LogP) is 2.85. The van der Waals surface area contributed by atoms with Crippen LogP contribution in [0.5, 0.6) is 11.5 Å². The quantitative estimate of drug-likeness (QED) is 0.701. The molecule has 128 valence electrons. The van der Waals surface area contributed by atoms with Crippen molar-refractivity contribution >= 4 is 34.3 Å². The number of nitrogens with zero attached hydrogens (tertiary/aromatic N) is 3. The van der Waals surface area contributed by atoms with Gasteiger partial charge in [0.1, 0.15) is 0 Å². The maximum atomic E-state index is 5.99. The molecule has 0 saturated heterocycles. The number of benzene rings is 1. The molecule has 1 aromatic carbocycles. The van der Waals surface area contributed by atoms with Gasteiger partial charge >= 0.3 is 0 Å². The van der Waals surface area contributed by atoms with Gasteiger partial charge in [0.25, 0.3) is 0 Å². The van der Waals surface area contributed by atoms with E-state index in [1.807, 2.05) is 12.1 Å². The summed E-state index contributed by atoms with van der Waals surface area (Å²) in [5, 5.41) is 3.06. The van der Waals surface area contributed by atoms with Crippen LogP contribution in [0.25, 0.3) is 11.0 Å². The summed E-state index contributed by atoms with van der Waals surface area (Å²) >= 11 is 1.71. The van der Waals surface area contributed by atoms with Gasteiger partial charge in [0.2, 0.25) is 5.95 Å². The normalized spacial score (nSPS) is 19.1. The first kappa shape index (κ1) is 14.6. The zero-order valence-electron chi connectivity index (χ0n) is 13.7. The molecule has 0 saturated carbocycles. The Hall–Kier alpha value is -2.74. The van der Waals surface area contributed by atoms with E-state index < -0.39 is 0 Å². The summed E-state index contributed by atoms with van der Waals surface area (Å²) in [7, 11) is 0. The molecule has 0 aliphatic carbocycles. The van der Waals surface area contributed by atoms with E-state index in [0.29, 0.717) is 25.1 Å². The van der Waals surface area contributed by atoms with E-state index in [9.17, 15) is 0 Å². The summed E-state index contributed by atoms with van der Waals surface area (Å²) in [5.74, 6) is 2.53. The van der Waals surface area contributed by atoms with Crippen molar-refractivity contribution in [1.82, 2.24) is 9.55 Å². The van der Waals surface area contributed by atoms with Crippen LogP contribution in [0.1, 0.15) is 22.3 Å². The Balaban J connectivity index is 1.72. The number of imidazole rings is 1. The lowest BCUT2D eigenvalue weighted by molar-refractivity contribution is 0.297. The van der Waals surface area contributed by atoms with Gasteiger partial charge in [0.05, 0.1) is 24.2 Å². The monoisotopic (exact) mass is 355 g/mol. The highest BCUT2D eigenvalue weighted by atomic mass is 32.1. The molecule has 2 aliphatic heterocycles. The summed E-state index contributed by atoms with van der Waals surface area (Å²) < 4.78 is 13.7. The standard InChI is InChI=1S/C17H17N5O2S/c1-9-3-4-14(25-9)15-20-16(18)21-17-19-10-7-12-13(8-11(10)22(15)17)24-6-2-5-23-12/h3-4,7-8,15H,2,5-6H2,1H3,(H3,18,19,20,21)/t15-/m1/s1. The van der Waals surface area contributed by atoms with Crippen molar-refractivity contribution in [3.05, 3.63) is 34.0 Å². The molecule has 7 nitrogen and oxygen atoms in total. The van der Waals surface area contributed by atoms with Crippen LogP contribution in [0.15, 0.2) is 29.3 Å². The maximum Gasteiger partial charge on any atom is 0.212 e. The molecule has 2 aliphatic rings. The molecular weight excluding hydrogens is 338 g/mol. The van der Waals surface area contributed by atoms with Crippen molar-refractivity contribution in [2.24, 2.45) is 10.7 Å². The highest BCUT2D eigenvalue weighted by Gasteiger charge is 2.27. The third-order valence-corrected chi connectivity index (χ3v) is 5.36. The molecule has 0 unspecified atom stereocenters. The minimum Gasteiger partial charge on any atom is -0.489 e. The molecular formula is C17H17N5O2S. The van der Waals surface area contributed by atoms with Gasteiger partial charge in [-0.3, -0.25) is 9.88 Å². The average Bonchev–Trinajstić information content (AvgIpc) is 3.08. The molecule has 0 amide bonds. The van der Waals surface area contributed by atoms with E-state index in [1.54, 1.807) is 11.3 Å². The topological polar surface area (TPSA) is 86.7 Å². The lowest BCUT2D eigenvalue weighted by Gasteiger charge is -2.22. The second-order valence-electron chi connectivity index (χ2n) is 6.10. The number of aliphatic imine (C=N–C) groups is 1. The van der Waals surface area contributed by atoms with Crippen molar-refractivity contribution in [2.75, 3.05) is 18.5 Å². The van der Waals surface area contributed by atoms with Crippen LogP contribution in [0, 0.1) is 6.92 Å². The first-order valence-corrected chi connectivity index (χ1v) is 8.99. The van der Waals surface area contributed by atoms with Crippen LogP contribution in [0.3, 0.4) is 0 Å². The number of hydrogen-bond donors (Lipinski definition) is 2. The Morgan fingerprint density at radius 2 is 2.04 bits per heavy atom. The zero-order chi connectivity index (χ0) is 17.0. The number of thiophene rings is 1. The Bertz CT molecular complexity index is 1010. The lowest BCUT2D eigenvalue weighted by atomic mass is 10.2. The van der Waals surface area contributed by atoms with Gasteiger partial charge in [-0.1, -0.05) is 0 Å². The van der Waals surface area contributed by atoms with Gasteiger partial charge in [0.15, 0.2) is 23.6 Å². The summed E-state index contributed by atoms with van der Waals surface area (Å²) in [4.78, 5) is 11.6. The molecule has 3 N–H and O–H groups in total. The Morgan fingerprint density at radius 1 is 1.24 bits per heavy atom. The fraction of sp³-hybridized carbons (Fsp3) is 0.294. The molecule has 0 radical (unpaired) electrons. The Morgan fingerprint density at radius 3 is 2.80 bits per heavy atom. The van der Waals surface area contributed by atoms with Crippen LogP contribution in [0.2, 0.25) is 0 Å². The minimum atomic E-state index is -0.232. The third kappa shape index (κ3) is 2.32. The number of nitrogens with two attached hydrogens (primary N) is 1. The van der Waals surface area contributed by atoms with Crippen LogP contribution < -0.4 is 20.5 Å². The van der Waals surface area contributed by atoms with E-state index in [1.165, 1.54) is 4.88 Å². The number of aryl methyl sites for hydroxylation is 1. The fourth-order valence-electron chi connectivity index (χ4n) is 3.21. The zero-order valence-corrected chi connectivity index (χ0v) is 14.5. The average molecular weight is 355 g/mol. The number of guanidine groups is 1. The van der Waals surface area contributed by atoms with Gasteiger partial charge in [0, 0.05) is 28.3 Å². The van der Waals surface area contributed by atoms with E-state index in [2.05, 4.69) is 38.9 Å². The number of anilines is 1.